The van der Waals surface area contributed by atoms with Gasteiger partial charge < -0.3 is 5.32 Å². The molecule has 1 amide bonds. The molecule has 1 aliphatic rings. The van der Waals surface area contributed by atoms with E-state index in [1.165, 1.54) is 0 Å². The van der Waals surface area contributed by atoms with Gasteiger partial charge in [0.25, 0.3) is 0 Å². The van der Waals surface area contributed by atoms with E-state index < -0.39 is 10.0 Å². The quantitative estimate of drug-likeness (QED) is 0.905. The van der Waals surface area contributed by atoms with Crippen LogP contribution in [0.4, 0.5) is 5.69 Å². The Kier molecular flexibility index (Phi) is 5.58. The van der Waals surface area contributed by atoms with Gasteiger partial charge in [-0.15, -0.1) is 0 Å². The molecule has 6 heteroatoms. The maximum absolute atomic E-state index is 12.9. The molecule has 1 aliphatic heterocycles. The van der Waals surface area contributed by atoms with Crippen LogP contribution in [0, 0.1) is 0 Å². The molecule has 0 aliphatic carbocycles. The molecule has 0 unspecified atom stereocenters. The van der Waals surface area contributed by atoms with Gasteiger partial charge in [-0.05, 0) is 37.0 Å². The standard InChI is InChI=1S/C16H24N2O3S/c1-3-13-8-9-14(17-16(19)4-2)12-15(13)22(20,21)18-10-6-5-7-11-18/h8-9,12H,3-7,10-11H2,1-2H3,(H,17,19). The highest BCUT2D eigenvalue weighted by Gasteiger charge is 2.28. The number of carbonyl (C=O) groups excluding carboxylic acids is 1. The van der Waals surface area contributed by atoms with Gasteiger partial charge in [0.15, 0.2) is 0 Å². The Morgan fingerprint density at radius 2 is 1.86 bits per heavy atom. The highest BCUT2D eigenvalue weighted by Crippen LogP contribution is 2.26. The fourth-order valence-electron chi connectivity index (χ4n) is 2.66. The molecule has 2 rings (SSSR count). The predicted molar refractivity (Wildman–Crippen MR) is 87.4 cm³/mol. The van der Waals surface area contributed by atoms with Crippen LogP contribution in [0.3, 0.4) is 0 Å². The molecular weight excluding hydrogens is 300 g/mol. The predicted octanol–water partition coefficient (Wildman–Crippen LogP) is 2.77. The zero-order valence-electron chi connectivity index (χ0n) is 13.3. The van der Waals surface area contributed by atoms with E-state index in [-0.39, 0.29) is 5.91 Å². The van der Waals surface area contributed by atoms with Gasteiger partial charge in [0.1, 0.15) is 0 Å². The van der Waals surface area contributed by atoms with E-state index in [0.29, 0.717) is 36.5 Å². The molecule has 122 valence electrons. The van der Waals surface area contributed by atoms with Gasteiger partial charge in [0.05, 0.1) is 4.90 Å². The molecule has 0 saturated carbocycles. The zero-order valence-corrected chi connectivity index (χ0v) is 14.1. The van der Waals surface area contributed by atoms with Crippen LogP contribution in [-0.4, -0.2) is 31.7 Å². The Morgan fingerprint density at radius 3 is 2.45 bits per heavy atom. The average molecular weight is 324 g/mol. The van der Waals surface area contributed by atoms with Crippen LogP contribution in [0.25, 0.3) is 0 Å². The molecule has 0 radical (unpaired) electrons. The first-order chi connectivity index (χ1) is 10.5. The Bertz CT molecular complexity index is 635. The van der Waals surface area contributed by atoms with E-state index in [4.69, 9.17) is 0 Å². The second-order valence-electron chi connectivity index (χ2n) is 5.54. The van der Waals surface area contributed by atoms with E-state index in [1.807, 2.05) is 6.92 Å². The fraction of sp³-hybridized carbons (Fsp3) is 0.562. The molecule has 22 heavy (non-hydrogen) atoms. The van der Waals surface area contributed by atoms with Crippen molar-refractivity contribution in [3.05, 3.63) is 23.8 Å². The number of rotatable bonds is 5. The van der Waals surface area contributed by atoms with Crippen molar-refractivity contribution in [2.45, 2.75) is 50.8 Å². The zero-order chi connectivity index (χ0) is 16.2. The average Bonchev–Trinajstić information content (AvgIpc) is 2.55. The van der Waals surface area contributed by atoms with Crippen LogP contribution in [0.1, 0.15) is 45.1 Å². The summed E-state index contributed by atoms with van der Waals surface area (Å²) in [4.78, 5) is 11.9. The number of nitrogens with zero attached hydrogens (tertiary/aromatic N) is 1. The number of hydrogen-bond acceptors (Lipinski definition) is 3. The molecule has 0 aromatic heterocycles. The molecule has 1 saturated heterocycles. The summed E-state index contributed by atoms with van der Waals surface area (Å²) in [7, 11) is -3.49. The van der Waals surface area contributed by atoms with Gasteiger partial charge in [0.2, 0.25) is 15.9 Å². The number of benzene rings is 1. The Morgan fingerprint density at radius 1 is 1.18 bits per heavy atom. The number of hydrogen-bond donors (Lipinski definition) is 1. The van der Waals surface area contributed by atoms with Crippen LogP contribution in [0.2, 0.25) is 0 Å². The minimum absolute atomic E-state index is 0.120. The van der Waals surface area contributed by atoms with E-state index >= 15 is 0 Å². The van der Waals surface area contributed by atoms with Crippen molar-refractivity contribution in [3.63, 3.8) is 0 Å². The normalized spacial score (nSPS) is 16.5. The second kappa shape index (κ2) is 7.24. The third kappa shape index (κ3) is 3.67. The van der Waals surface area contributed by atoms with Crippen molar-refractivity contribution in [2.75, 3.05) is 18.4 Å². The van der Waals surface area contributed by atoms with Gasteiger partial charge in [-0.25, -0.2) is 8.42 Å². The number of anilines is 1. The number of carbonyl (C=O) groups is 1. The Hall–Kier alpha value is -1.40. The van der Waals surface area contributed by atoms with Crippen LogP contribution < -0.4 is 5.32 Å². The monoisotopic (exact) mass is 324 g/mol. The van der Waals surface area contributed by atoms with Crippen LogP contribution in [-0.2, 0) is 21.2 Å². The summed E-state index contributed by atoms with van der Waals surface area (Å²) in [5, 5.41) is 2.74. The number of piperidine rings is 1. The lowest BCUT2D eigenvalue weighted by molar-refractivity contribution is -0.115. The van der Waals surface area contributed by atoms with Crippen LogP contribution in [0.15, 0.2) is 23.1 Å². The summed E-state index contributed by atoms with van der Waals surface area (Å²) in [5.41, 5.74) is 1.33. The largest absolute Gasteiger partial charge is 0.326 e. The minimum Gasteiger partial charge on any atom is -0.326 e. The van der Waals surface area contributed by atoms with Crippen LogP contribution in [0.5, 0.6) is 0 Å². The van der Waals surface area contributed by atoms with Crippen molar-refractivity contribution in [1.82, 2.24) is 4.31 Å². The first-order valence-corrected chi connectivity index (χ1v) is 9.36. The summed E-state index contributed by atoms with van der Waals surface area (Å²) >= 11 is 0. The smallest absolute Gasteiger partial charge is 0.243 e. The molecule has 0 bridgehead atoms. The molecular formula is C16H24N2O3S. The molecule has 1 N–H and O–H groups in total. The first kappa shape index (κ1) is 17.0. The lowest BCUT2D eigenvalue weighted by Gasteiger charge is -2.27. The number of amides is 1. The Balaban J connectivity index is 2.38. The van der Waals surface area contributed by atoms with E-state index in [1.54, 1.807) is 29.4 Å². The Labute approximate surface area is 132 Å². The summed E-state index contributed by atoms with van der Waals surface area (Å²) in [5.74, 6) is -0.120. The third-order valence-electron chi connectivity index (χ3n) is 3.99. The maximum atomic E-state index is 12.9. The van der Waals surface area contributed by atoms with Gasteiger partial charge >= 0.3 is 0 Å². The van der Waals surface area contributed by atoms with Crippen molar-refractivity contribution in [1.29, 1.82) is 0 Å². The van der Waals surface area contributed by atoms with Crippen LogP contribution >= 0.6 is 0 Å². The molecule has 1 aromatic carbocycles. The second-order valence-corrected chi connectivity index (χ2v) is 7.45. The molecule has 1 heterocycles. The summed E-state index contributed by atoms with van der Waals surface area (Å²) < 4.78 is 27.3. The lowest BCUT2D eigenvalue weighted by atomic mass is 10.1. The van der Waals surface area contributed by atoms with E-state index in [0.717, 1.165) is 24.8 Å². The molecule has 1 fully saturated rings. The molecule has 0 spiro atoms. The first-order valence-electron chi connectivity index (χ1n) is 7.92. The van der Waals surface area contributed by atoms with Gasteiger partial charge in [0, 0.05) is 25.2 Å². The number of nitrogens with one attached hydrogen (secondary N) is 1. The molecule has 0 atom stereocenters. The third-order valence-corrected chi connectivity index (χ3v) is 5.97. The van der Waals surface area contributed by atoms with Crippen molar-refractivity contribution < 1.29 is 13.2 Å². The topological polar surface area (TPSA) is 66.5 Å². The summed E-state index contributed by atoms with van der Waals surface area (Å²) in [6.07, 6.45) is 3.91. The van der Waals surface area contributed by atoms with Crippen molar-refractivity contribution in [3.8, 4) is 0 Å². The highest BCUT2D eigenvalue weighted by atomic mass is 32.2. The van der Waals surface area contributed by atoms with Gasteiger partial charge in [-0.2, -0.15) is 4.31 Å². The summed E-state index contributed by atoms with van der Waals surface area (Å²) in [6.45, 7) is 4.87. The number of aryl methyl sites for hydroxylation is 1. The maximum Gasteiger partial charge on any atom is 0.243 e. The van der Waals surface area contributed by atoms with Crippen molar-refractivity contribution in [2.24, 2.45) is 0 Å². The summed E-state index contributed by atoms with van der Waals surface area (Å²) in [6, 6.07) is 5.15. The molecule has 1 aromatic rings. The van der Waals surface area contributed by atoms with E-state index in [9.17, 15) is 13.2 Å². The highest BCUT2D eigenvalue weighted by molar-refractivity contribution is 7.89. The lowest BCUT2D eigenvalue weighted by Crippen LogP contribution is -2.36. The van der Waals surface area contributed by atoms with Crippen molar-refractivity contribution >= 4 is 21.6 Å². The SMILES string of the molecule is CCC(=O)Nc1ccc(CC)c(S(=O)(=O)N2CCCCC2)c1. The van der Waals surface area contributed by atoms with Gasteiger partial charge in [-0.1, -0.05) is 26.3 Å². The fourth-order valence-corrected chi connectivity index (χ4v) is 4.49. The molecule has 5 nitrogen and oxygen atoms in total. The van der Waals surface area contributed by atoms with E-state index in [2.05, 4.69) is 5.32 Å². The minimum atomic E-state index is -3.49. The van der Waals surface area contributed by atoms with Gasteiger partial charge in [-0.3, -0.25) is 4.79 Å². The number of sulfonamides is 1.